The second kappa shape index (κ2) is 18.9. The van der Waals surface area contributed by atoms with Crippen LogP contribution in [0.3, 0.4) is 0 Å². The number of hydrogen-bond donors (Lipinski definition) is 3. The predicted molar refractivity (Wildman–Crippen MR) is 222 cm³/mol. The summed E-state index contributed by atoms with van der Waals surface area (Å²) in [5.74, 6) is -0.320. The van der Waals surface area contributed by atoms with E-state index in [9.17, 15) is 19.5 Å². The first-order valence-corrected chi connectivity index (χ1v) is 20.2. The molecule has 0 saturated heterocycles. The fraction of sp³-hybridized carbons (Fsp3) is 0.396. The van der Waals surface area contributed by atoms with Crippen LogP contribution >= 0.6 is 0 Å². The van der Waals surface area contributed by atoms with Crippen molar-refractivity contribution in [3.05, 3.63) is 125 Å². The molecular formula is C48H58N2O5. The van der Waals surface area contributed by atoms with E-state index >= 15 is 0 Å². The number of aryl methyl sites for hydroxylation is 2. The molecule has 2 saturated carbocycles. The monoisotopic (exact) mass is 742 g/mol. The normalized spacial score (nSPS) is 16.9. The largest absolute Gasteiger partial charge is 0.509 e. The van der Waals surface area contributed by atoms with Gasteiger partial charge in [-0.3, -0.25) is 9.59 Å². The van der Waals surface area contributed by atoms with Crippen molar-refractivity contribution in [3.8, 4) is 22.3 Å². The zero-order valence-corrected chi connectivity index (χ0v) is 33.3. The fourth-order valence-electron chi connectivity index (χ4n) is 8.12. The van der Waals surface area contributed by atoms with Crippen LogP contribution in [0.4, 0.5) is 0 Å². The molecule has 1 heterocycles. The molecule has 290 valence electrons. The molecule has 4 aromatic carbocycles. The Bertz CT molecular complexity index is 1960. The lowest BCUT2D eigenvalue weighted by molar-refractivity contribution is -0.155. The summed E-state index contributed by atoms with van der Waals surface area (Å²) in [7, 11) is 0. The van der Waals surface area contributed by atoms with Crippen LogP contribution in [0.25, 0.3) is 27.8 Å². The highest BCUT2D eigenvalue weighted by Gasteiger charge is 2.46. The number of benzene rings is 4. The van der Waals surface area contributed by atoms with Gasteiger partial charge in [0.05, 0.1) is 24.1 Å². The van der Waals surface area contributed by atoms with Crippen molar-refractivity contribution in [3.63, 3.8) is 0 Å². The Labute approximate surface area is 327 Å². The number of carbonyl (C=O) groups is 3. The Hall–Kier alpha value is -5.17. The van der Waals surface area contributed by atoms with E-state index in [1.807, 2.05) is 82.3 Å². The summed E-state index contributed by atoms with van der Waals surface area (Å²) in [6.45, 7) is 10.1. The van der Waals surface area contributed by atoms with Crippen molar-refractivity contribution in [2.45, 2.75) is 116 Å². The Morgan fingerprint density at radius 3 is 1.80 bits per heavy atom. The van der Waals surface area contributed by atoms with Crippen LogP contribution in [-0.4, -0.2) is 40.6 Å². The van der Waals surface area contributed by atoms with Crippen LogP contribution in [0.15, 0.2) is 103 Å². The molecule has 0 aromatic heterocycles. The maximum atomic E-state index is 12.9. The number of carbonyl (C=O) groups excluding carboxylic acids is 3. The molecule has 3 aliphatic rings. The minimum absolute atomic E-state index is 0.122. The second-order valence-electron chi connectivity index (χ2n) is 14.8. The van der Waals surface area contributed by atoms with Gasteiger partial charge >= 0.3 is 5.97 Å². The molecule has 0 bridgehead atoms. The molecule has 0 radical (unpaired) electrons. The van der Waals surface area contributed by atoms with E-state index in [1.54, 1.807) is 6.92 Å². The smallest absolute Gasteiger partial charge is 0.331 e. The molecule has 55 heavy (non-hydrogen) atoms. The number of aliphatic hydroxyl groups excluding tert-OH is 1. The Morgan fingerprint density at radius 1 is 0.709 bits per heavy atom. The first-order valence-electron chi connectivity index (χ1n) is 20.2. The van der Waals surface area contributed by atoms with Crippen molar-refractivity contribution in [2.24, 2.45) is 0 Å². The topological polar surface area (TPSA) is 105 Å². The molecule has 1 aliphatic heterocycles. The van der Waals surface area contributed by atoms with Gasteiger partial charge in [0.15, 0.2) is 0 Å². The maximum absolute atomic E-state index is 12.9. The van der Waals surface area contributed by atoms with Crippen molar-refractivity contribution < 1.29 is 24.2 Å². The van der Waals surface area contributed by atoms with Gasteiger partial charge in [-0.25, -0.2) is 4.79 Å². The first kappa shape index (κ1) is 41.0. The molecule has 7 nitrogen and oxygen atoms in total. The van der Waals surface area contributed by atoms with Crippen molar-refractivity contribution in [1.29, 1.82) is 0 Å². The van der Waals surface area contributed by atoms with Gasteiger partial charge in [-0.05, 0) is 97.0 Å². The minimum atomic E-state index is -0.865. The average molecular weight is 743 g/mol. The van der Waals surface area contributed by atoms with Crippen LogP contribution in [0, 0.1) is 13.8 Å². The summed E-state index contributed by atoms with van der Waals surface area (Å²) in [6, 6.07) is 32.6. The molecule has 7 heteroatoms. The number of ether oxygens (including phenoxy) is 1. The van der Waals surface area contributed by atoms with E-state index in [1.165, 1.54) is 6.42 Å². The summed E-state index contributed by atoms with van der Waals surface area (Å²) >= 11 is 0. The van der Waals surface area contributed by atoms with Crippen LogP contribution in [0.1, 0.15) is 107 Å². The van der Waals surface area contributed by atoms with Gasteiger partial charge in [0, 0.05) is 0 Å². The molecule has 2 aliphatic carbocycles. The molecule has 1 spiro atoms. The van der Waals surface area contributed by atoms with Gasteiger partial charge in [0.1, 0.15) is 11.3 Å². The van der Waals surface area contributed by atoms with Crippen LogP contribution < -0.4 is 10.6 Å². The number of nitrogens with one attached hydrogen (secondary N) is 2. The fourth-order valence-corrected chi connectivity index (χ4v) is 8.12. The van der Waals surface area contributed by atoms with Crippen LogP contribution in [0.2, 0.25) is 0 Å². The number of esters is 1. The third-order valence-corrected chi connectivity index (χ3v) is 11.2. The van der Waals surface area contributed by atoms with Gasteiger partial charge in [0.2, 0.25) is 5.91 Å². The van der Waals surface area contributed by atoms with Crippen molar-refractivity contribution >= 4 is 23.4 Å². The first-order chi connectivity index (χ1) is 26.6. The molecular weight excluding hydrogens is 685 g/mol. The lowest BCUT2D eigenvalue weighted by Gasteiger charge is -2.35. The lowest BCUT2D eigenvalue weighted by atomic mass is 9.80. The Morgan fingerprint density at radius 2 is 1.24 bits per heavy atom. The van der Waals surface area contributed by atoms with E-state index in [4.69, 9.17) is 4.74 Å². The van der Waals surface area contributed by atoms with Gasteiger partial charge in [-0.15, -0.1) is 0 Å². The molecule has 0 unspecified atom stereocenters. The third-order valence-electron chi connectivity index (χ3n) is 11.2. The van der Waals surface area contributed by atoms with Crippen LogP contribution in [0.5, 0.6) is 0 Å². The predicted octanol–water partition coefficient (Wildman–Crippen LogP) is 10.4. The highest BCUT2D eigenvalue weighted by atomic mass is 16.5. The summed E-state index contributed by atoms with van der Waals surface area (Å²) in [4.78, 5) is 38.2. The van der Waals surface area contributed by atoms with E-state index in [2.05, 4.69) is 53.1 Å². The number of hydrogen-bond acceptors (Lipinski definition) is 5. The van der Waals surface area contributed by atoms with Gasteiger partial charge in [-0.2, -0.15) is 0 Å². The molecule has 7 rings (SSSR count). The summed E-state index contributed by atoms with van der Waals surface area (Å²) in [6.07, 6.45) is 9.43. The highest BCUT2D eigenvalue weighted by molar-refractivity contribution is 6.23. The molecule has 3 N–H and O–H groups in total. The Kier molecular flexibility index (Phi) is 14.1. The zero-order valence-electron chi connectivity index (χ0n) is 33.3. The zero-order chi connectivity index (χ0) is 39.4. The summed E-state index contributed by atoms with van der Waals surface area (Å²) < 4.78 is 5.28. The standard InChI is InChI=1S/C24H29NO3.C22H23NO2.C2H6/c1-3-28-23(27)24(14-8-5-9-15-24)25-22(26)17-21-16-20(13-12-18(21)2)19-10-6-4-7-11-19;1-15-10-11-17(16-8-4-2-5-9-16)14-18(15)19-20(24)22(23-21(19)25)12-6-3-7-13-22;1-2/h4,6-7,10-13,16H,3,5,8-9,14-15,17H2,1-2H3,(H,25,26);2,4-5,8-11,14,24H,3,6-7,12-13H2,1H3,(H,23,25);1-2H3. The van der Waals surface area contributed by atoms with E-state index in [-0.39, 0.29) is 30.0 Å². The minimum Gasteiger partial charge on any atom is -0.509 e. The van der Waals surface area contributed by atoms with Crippen LogP contribution in [-0.2, 0) is 25.5 Å². The van der Waals surface area contributed by atoms with Crippen molar-refractivity contribution in [1.82, 2.24) is 10.6 Å². The quantitative estimate of drug-likeness (QED) is 0.156. The maximum Gasteiger partial charge on any atom is 0.331 e. The van der Waals surface area contributed by atoms with Gasteiger partial charge in [0.25, 0.3) is 5.91 Å². The van der Waals surface area contributed by atoms with E-state index in [0.29, 0.717) is 25.0 Å². The molecule has 4 aromatic rings. The van der Waals surface area contributed by atoms with E-state index < -0.39 is 11.1 Å². The third kappa shape index (κ3) is 9.56. The number of aliphatic hydroxyl groups is 1. The number of rotatable bonds is 8. The van der Waals surface area contributed by atoms with E-state index in [0.717, 1.165) is 89.5 Å². The van der Waals surface area contributed by atoms with Crippen molar-refractivity contribution in [2.75, 3.05) is 6.61 Å². The second-order valence-corrected chi connectivity index (χ2v) is 14.8. The SMILES string of the molecule is CC.CCOC(=O)C1(NC(=O)Cc2cc(-c3ccccc3)ccc2C)CCCCC1.Cc1ccc(-c2ccccc2)cc1C1=C(O)C2(CCCCC2)NC1=O. The summed E-state index contributed by atoms with van der Waals surface area (Å²) in [5, 5.41) is 17.1. The molecule has 0 atom stereocenters. The molecule has 2 fully saturated rings. The Balaban J connectivity index is 0.000000203. The number of amides is 2. The molecule has 2 amide bonds. The average Bonchev–Trinajstić information content (AvgIpc) is 3.45. The van der Waals surface area contributed by atoms with Gasteiger partial charge < -0.3 is 20.5 Å². The lowest BCUT2D eigenvalue weighted by Crippen LogP contribution is -2.56. The summed E-state index contributed by atoms with van der Waals surface area (Å²) in [5.41, 5.74) is 7.31. The van der Waals surface area contributed by atoms with Gasteiger partial charge in [-0.1, -0.05) is 143 Å². The highest BCUT2D eigenvalue weighted by Crippen LogP contribution is 2.42.